The normalized spacial score (nSPS) is 17.4. The second-order valence-corrected chi connectivity index (χ2v) is 8.15. The molecule has 0 spiro atoms. The van der Waals surface area contributed by atoms with Crippen LogP contribution in [0, 0.1) is 5.92 Å². The van der Waals surface area contributed by atoms with E-state index in [4.69, 9.17) is 9.47 Å². The number of likely N-dealkylation sites (tertiary alicyclic amines) is 1. The number of carbonyl (C=O) groups is 2. The minimum absolute atomic E-state index is 0.0212. The Bertz CT molecular complexity index is 839. The molecule has 2 heterocycles. The van der Waals surface area contributed by atoms with Crippen molar-refractivity contribution < 1.29 is 19.1 Å². The van der Waals surface area contributed by atoms with Crippen LogP contribution in [-0.2, 0) is 27.2 Å². The number of rotatable bonds is 9. The Balaban J connectivity index is 1.50. The number of hydrogen-bond acceptors (Lipinski definition) is 7. The Labute approximate surface area is 174 Å². The third-order valence-electron chi connectivity index (χ3n) is 4.95. The first kappa shape index (κ1) is 21.2. The van der Waals surface area contributed by atoms with E-state index in [9.17, 15) is 9.59 Å². The number of benzene rings is 1. The van der Waals surface area contributed by atoms with E-state index in [0.717, 1.165) is 23.6 Å². The molecule has 1 saturated heterocycles. The Hall–Kier alpha value is -2.52. The average molecular weight is 419 g/mol. The van der Waals surface area contributed by atoms with E-state index in [1.165, 1.54) is 16.9 Å². The summed E-state index contributed by atoms with van der Waals surface area (Å²) >= 11 is 1.37. The van der Waals surface area contributed by atoms with Gasteiger partial charge in [-0.2, -0.15) is 0 Å². The number of aromatic nitrogens is 2. The molecule has 1 aliphatic rings. The van der Waals surface area contributed by atoms with Crippen molar-refractivity contribution in [3.63, 3.8) is 0 Å². The van der Waals surface area contributed by atoms with Crippen molar-refractivity contribution in [1.29, 1.82) is 0 Å². The molecule has 0 unspecified atom stereocenters. The van der Waals surface area contributed by atoms with E-state index in [1.807, 2.05) is 31.2 Å². The first-order valence-electron chi connectivity index (χ1n) is 9.54. The monoisotopic (exact) mass is 418 g/mol. The van der Waals surface area contributed by atoms with Crippen LogP contribution in [0.4, 0.5) is 5.13 Å². The fourth-order valence-electron chi connectivity index (χ4n) is 3.32. The summed E-state index contributed by atoms with van der Waals surface area (Å²) in [6.45, 7) is 2.77. The van der Waals surface area contributed by atoms with Gasteiger partial charge < -0.3 is 19.7 Å². The molecule has 2 atom stereocenters. The van der Waals surface area contributed by atoms with Gasteiger partial charge >= 0.3 is 0 Å². The van der Waals surface area contributed by atoms with Gasteiger partial charge in [-0.15, -0.1) is 10.2 Å². The Kier molecular flexibility index (Phi) is 7.16. The van der Waals surface area contributed by atoms with Crippen LogP contribution in [0.25, 0.3) is 0 Å². The number of ether oxygens (including phenoxy) is 2. The van der Waals surface area contributed by atoms with Crippen molar-refractivity contribution in [3.8, 4) is 5.75 Å². The number of hydrogen-bond donors (Lipinski definition) is 1. The lowest BCUT2D eigenvalue weighted by Gasteiger charge is -2.23. The number of anilines is 1. The van der Waals surface area contributed by atoms with E-state index in [-0.39, 0.29) is 30.2 Å². The van der Waals surface area contributed by atoms with Crippen LogP contribution < -0.4 is 10.1 Å². The standard InChI is InChI=1S/C20H26N4O4S/c1-13(12-27-2)24-11-15(10-18(24)25)19(26)21-20-23-22-17(29-20)9-6-14-4-7-16(28-3)8-5-14/h4-5,7-8,13,15H,6,9-12H2,1-3H3,(H,21,23,26)/t13-,15-/m0/s1. The smallest absolute Gasteiger partial charge is 0.231 e. The van der Waals surface area contributed by atoms with Gasteiger partial charge in [-0.25, -0.2) is 0 Å². The van der Waals surface area contributed by atoms with Gasteiger partial charge in [-0.1, -0.05) is 23.5 Å². The predicted molar refractivity (Wildman–Crippen MR) is 110 cm³/mol. The van der Waals surface area contributed by atoms with Crippen LogP contribution >= 0.6 is 11.3 Å². The summed E-state index contributed by atoms with van der Waals surface area (Å²) in [6.07, 6.45) is 1.78. The molecule has 3 rings (SSSR count). The first-order chi connectivity index (χ1) is 14.0. The second-order valence-electron chi connectivity index (χ2n) is 7.09. The molecule has 1 aliphatic heterocycles. The summed E-state index contributed by atoms with van der Waals surface area (Å²) in [6, 6.07) is 7.87. The zero-order valence-electron chi connectivity index (χ0n) is 16.9. The second kappa shape index (κ2) is 9.80. The maximum Gasteiger partial charge on any atom is 0.231 e. The zero-order chi connectivity index (χ0) is 20.8. The average Bonchev–Trinajstić information content (AvgIpc) is 3.33. The third-order valence-corrected chi connectivity index (χ3v) is 5.85. The molecular formula is C20H26N4O4S. The molecule has 8 nitrogen and oxygen atoms in total. The van der Waals surface area contributed by atoms with Crippen molar-refractivity contribution in [1.82, 2.24) is 15.1 Å². The van der Waals surface area contributed by atoms with Gasteiger partial charge in [0.15, 0.2) is 0 Å². The summed E-state index contributed by atoms with van der Waals surface area (Å²) < 4.78 is 10.3. The van der Waals surface area contributed by atoms with Crippen LogP contribution in [0.3, 0.4) is 0 Å². The molecule has 2 aromatic rings. The number of methoxy groups -OCH3 is 2. The number of nitrogens with zero attached hydrogens (tertiary/aromatic N) is 3. The molecule has 156 valence electrons. The lowest BCUT2D eigenvalue weighted by Crippen LogP contribution is -2.38. The summed E-state index contributed by atoms with van der Waals surface area (Å²) in [5.74, 6) is 0.235. The zero-order valence-corrected chi connectivity index (χ0v) is 17.7. The molecule has 29 heavy (non-hydrogen) atoms. The summed E-state index contributed by atoms with van der Waals surface area (Å²) in [5.41, 5.74) is 1.18. The van der Waals surface area contributed by atoms with Crippen LogP contribution in [0.15, 0.2) is 24.3 Å². The van der Waals surface area contributed by atoms with Crippen molar-refractivity contribution in [2.24, 2.45) is 5.92 Å². The molecule has 0 saturated carbocycles. The Morgan fingerprint density at radius 3 is 2.72 bits per heavy atom. The number of nitrogens with one attached hydrogen (secondary N) is 1. The molecule has 9 heteroatoms. The topological polar surface area (TPSA) is 93.7 Å². The number of carbonyl (C=O) groups excluding carboxylic acids is 2. The van der Waals surface area contributed by atoms with Gasteiger partial charge in [0, 0.05) is 26.5 Å². The quantitative estimate of drug-likeness (QED) is 0.671. The van der Waals surface area contributed by atoms with Gasteiger partial charge in [0.05, 0.1) is 25.7 Å². The lowest BCUT2D eigenvalue weighted by atomic mass is 10.1. The molecule has 1 N–H and O–H groups in total. The van der Waals surface area contributed by atoms with E-state index in [2.05, 4.69) is 15.5 Å². The fraction of sp³-hybridized carbons (Fsp3) is 0.500. The van der Waals surface area contributed by atoms with Gasteiger partial charge in [0.25, 0.3) is 0 Å². The van der Waals surface area contributed by atoms with E-state index < -0.39 is 0 Å². The van der Waals surface area contributed by atoms with Crippen molar-refractivity contribution >= 4 is 28.3 Å². The van der Waals surface area contributed by atoms with Crippen LogP contribution in [0.1, 0.15) is 23.9 Å². The molecule has 0 radical (unpaired) electrons. The highest BCUT2D eigenvalue weighted by atomic mass is 32.1. The Morgan fingerprint density at radius 2 is 2.03 bits per heavy atom. The summed E-state index contributed by atoms with van der Waals surface area (Å²) in [4.78, 5) is 26.4. The van der Waals surface area contributed by atoms with E-state index >= 15 is 0 Å². The van der Waals surface area contributed by atoms with Crippen LogP contribution in [-0.4, -0.2) is 60.3 Å². The van der Waals surface area contributed by atoms with Gasteiger partial charge in [0.1, 0.15) is 10.8 Å². The highest BCUT2D eigenvalue weighted by Crippen LogP contribution is 2.24. The SMILES string of the molecule is COC[C@H](C)N1C[C@@H](C(=O)Nc2nnc(CCc3ccc(OC)cc3)s2)CC1=O. The minimum Gasteiger partial charge on any atom is -0.497 e. The summed E-state index contributed by atoms with van der Waals surface area (Å²) in [7, 11) is 3.24. The number of aryl methyl sites for hydroxylation is 2. The molecule has 0 aliphatic carbocycles. The lowest BCUT2D eigenvalue weighted by molar-refractivity contribution is -0.130. The molecule has 1 aromatic heterocycles. The van der Waals surface area contributed by atoms with Crippen molar-refractivity contribution in [3.05, 3.63) is 34.8 Å². The highest BCUT2D eigenvalue weighted by Gasteiger charge is 2.36. The molecule has 0 bridgehead atoms. The molecule has 1 aromatic carbocycles. The van der Waals surface area contributed by atoms with Crippen LogP contribution in [0.2, 0.25) is 0 Å². The summed E-state index contributed by atoms with van der Waals surface area (Å²) in [5, 5.41) is 12.4. The predicted octanol–water partition coefficient (Wildman–Crippen LogP) is 2.15. The Morgan fingerprint density at radius 1 is 1.28 bits per heavy atom. The van der Waals surface area contributed by atoms with E-state index in [1.54, 1.807) is 19.1 Å². The number of amides is 2. The van der Waals surface area contributed by atoms with Gasteiger partial charge in [0.2, 0.25) is 16.9 Å². The first-order valence-corrected chi connectivity index (χ1v) is 10.4. The molecule has 2 amide bonds. The van der Waals surface area contributed by atoms with Gasteiger partial charge in [-0.05, 0) is 31.0 Å². The van der Waals surface area contributed by atoms with Gasteiger partial charge in [-0.3, -0.25) is 9.59 Å². The van der Waals surface area contributed by atoms with Crippen LogP contribution in [0.5, 0.6) is 5.75 Å². The maximum atomic E-state index is 12.5. The molecule has 1 fully saturated rings. The largest absolute Gasteiger partial charge is 0.497 e. The molecular weight excluding hydrogens is 392 g/mol. The third kappa shape index (κ3) is 5.51. The minimum atomic E-state index is -0.381. The highest BCUT2D eigenvalue weighted by molar-refractivity contribution is 7.15. The van der Waals surface area contributed by atoms with Crippen molar-refractivity contribution in [2.75, 3.05) is 32.7 Å². The maximum absolute atomic E-state index is 12.5. The fourth-order valence-corrected chi connectivity index (χ4v) is 4.06. The van der Waals surface area contributed by atoms with Crippen molar-refractivity contribution in [2.45, 2.75) is 32.2 Å². The van der Waals surface area contributed by atoms with E-state index in [0.29, 0.717) is 18.3 Å².